The third-order valence-corrected chi connectivity index (χ3v) is 5.38. The molecule has 0 bridgehead atoms. The summed E-state index contributed by atoms with van der Waals surface area (Å²) < 4.78 is 5.63. The molecule has 0 amide bonds. The Morgan fingerprint density at radius 1 is 1.37 bits per heavy atom. The number of rotatable bonds is 9. The van der Waals surface area contributed by atoms with Crippen LogP contribution in [0.5, 0.6) is 0 Å². The minimum atomic E-state index is 0.698. The van der Waals surface area contributed by atoms with Crippen LogP contribution in [0.25, 0.3) is 0 Å². The Morgan fingerprint density at radius 2 is 2.16 bits per heavy atom. The largest absolute Gasteiger partial charge is 0.381 e. The van der Waals surface area contributed by atoms with E-state index in [1.54, 1.807) is 0 Å². The molecule has 110 valence electrons. The van der Waals surface area contributed by atoms with E-state index < -0.39 is 0 Å². The van der Waals surface area contributed by atoms with Gasteiger partial charge in [-0.3, -0.25) is 4.99 Å². The molecule has 1 unspecified atom stereocenters. The Bertz CT molecular complexity index is 288. The van der Waals surface area contributed by atoms with Gasteiger partial charge >= 0.3 is 0 Å². The lowest BCUT2D eigenvalue weighted by molar-refractivity contribution is 0.123. The van der Waals surface area contributed by atoms with Crippen LogP contribution < -0.4 is 5.32 Å². The topological polar surface area (TPSA) is 33.6 Å². The van der Waals surface area contributed by atoms with Crippen molar-refractivity contribution < 1.29 is 4.74 Å². The first-order valence-electron chi connectivity index (χ1n) is 7.86. The highest BCUT2D eigenvalue weighted by Gasteiger charge is 2.25. The molecule has 2 rings (SSSR count). The van der Waals surface area contributed by atoms with Crippen molar-refractivity contribution in [3.63, 3.8) is 0 Å². The summed E-state index contributed by atoms with van der Waals surface area (Å²) in [7, 11) is 0. The molecule has 0 aromatic heterocycles. The second-order valence-corrected chi connectivity index (χ2v) is 6.91. The Hall–Kier alpha value is -0.220. The van der Waals surface area contributed by atoms with Gasteiger partial charge in [0.15, 0.2) is 5.17 Å². The maximum Gasteiger partial charge on any atom is 0.156 e. The second kappa shape index (κ2) is 8.15. The average molecular weight is 284 g/mol. The predicted octanol–water partition coefficient (Wildman–Crippen LogP) is 3.30. The van der Waals surface area contributed by atoms with Gasteiger partial charge in [0.25, 0.3) is 0 Å². The van der Waals surface area contributed by atoms with E-state index in [-0.39, 0.29) is 0 Å². The van der Waals surface area contributed by atoms with E-state index in [1.807, 2.05) is 11.8 Å². The molecule has 4 heteroatoms. The van der Waals surface area contributed by atoms with Gasteiger partial charge in [-0.1, -0.05) is 38.5 Å². The zero-order valence-corrected chi connectivity index (χ0v) is 13.2. The van der Waals surface area contributed by atoms with Crippen molar-refractivity contribution in [2.75, 3.05) is 26.3 Å². The molecule has 1 N–H and O–H groups in total. The van der Waals surface area contributed by atoms with Gasteiger partial charge in [-0.2, -0.15) is 0 Å². The predicted molar refractivity (Wildman–Crippen MR) is 83.9 cm³/mol. The molecule has 1 aliphatic heterocycles. The summed E-state index contributed by atoms with van der Waals surface area (Å²) in [5, 5.41) is 5.30. The summed E-state index contributed by atoms with van der Waals surface area (Å²) in [4.78, 5) is 4.62. The van der Waals surface area contributed by atoms with Gasteiger partial charge in [0.05, 0.1) is 6.54 Å². The number of amidine groups is 1. The zero-order chi connectivity index (χ0) is 13.5. The van der Waals surface area contributed by atoms with Gasteiger partial charge in [0, 0.05) is 25.0 Å². The van der Waals surface area contributed by atoms with Gasteiger partial charge < -0.3 is 10.1 Å². The second-order valence-electron chi connectivity index (χ2n) is 5.68. The lowest BCUT2D eigenvalue weighted by Crippen LogP contribution is -2.23. The van der Waals surface area contributed by atoms with Crippen molar-refractivity contribution in [1.29, 1.82) is 0 Å². The number of aliphatic imine (C=N–C) groups is 1. The van der Waals surface area contributed by atoms with Gasteiger partial charge in [-0.15, -0.1) is 0 Å². The quantitative estimate of drug-likeness (QED) is 0.660. The highest BCUT2D eigenvalue weighted by Crippen LogP contribution is 2.30. The zero-order valence-electron chi connectivity index (χ0n) is 12.4. The third-order valence-electron chi connectivity index (χ3n) is 4.04. The van der Waals surface area contributed by atoms with Crippen molar-refractivity contribution in [3.8, 4) is 0 Å². The van der Waals surface area contributed by atoms with Crippen molar-refractivity contribution >= 4 is 16.9 Å². The molecular weight excluding hydrogens is 256 g/mol. The molecule has 0 saturated heterocycles. The summed E-state index contributed by atoms with van der Waals surface area (Å²) in [5.74, 6) is 1.69. The average Bonchev–Trinajstić information content (AvgIpc) is 3.14. The first kappa shape index (κ1) is 15.2. The number of ether oxygens (including phenoxy) is 1. The fourth-order valence-corrected chi connectivity index (χ4v) is 3.80. The summed E-state index contributed by atoms with van der Waals surface area (Å²) in [6.07, 6.45) is 6.38. The van der Waals surface area contributed by atoms with Crippen LogP contribution in [0.4, 0.5) is 0 Å². The van der Waals surface area contributed by atoms with Crippen molar-refractivity contribution in [1.82, 2.24) is 5.32 Å². The molecule has 0 aromatic carbocycles. The number of hydrogen-bond donors (Lipinski definition) is 1. The molecule has 0 spiro atoms. The van der Waals surface area contributed by atoms with Crippen LogP contribution >= 0.6 is 11.8 Å². The Balaban J connectivity index is 1.49. The molecule has 1 fully saturated rings. The minimum absolute atomic E-state index is 0.698. The fraction of sp³-hybridized carbons (Fsp3) is 0.933. The van der Waals surface area contributed by atoms with Crippen LogP contribution in [-0.4, -0.2) is 36.7 Å². The van der Waals surface area contributed by atoms with E-state index in [1.165, 1.54) is 25.7 Å². The number of thioether (sulfide) groups is 1. The van der Waals surface area contributed by atoms with Gasteiger partial charge in [-0.25, -0.2) is 0 Å². The molecule has 19 heavy (non-hydrogen) atoms. The van der Waals surface area contributed by atoms with E-state index in [9.17, 15) is 0 Å². The number of nitrogens with zero attached hydrogens (tertiary/aromatic N) is 1. The van der Waals surface area contributed by atoms with Crippen LogP contribution in [0.1, 0.15) is 46.0 Å². The van der Waals surface area contributed by atoms with Crippen molar-refractivity contribution in [3.05, 3.63) is 0 Å². The van der Waals surface area contributed by atoms with Crippen LogP contribution in [-0.2, 0) is 4.74 Å². The standard InChI is InChI=1S/C15H28N2OS/c1-3-13(4-2)14-10-17-15(19-14)16-8-5-9-18-11-12-6-7-12/h12-14H,3-11H2,1-2H3,(H,16,17). The lowest BCUT2D eigenvalue weighted by Gasteiger charge is -2.18. The molecule has 0 aromatic rings. The maximum absolute atomic E-state index is 5.63. The molecular formula is C15H28N2OS. The van der Waals surface area contributed by atoms with Gasteiger partial charge in [-0.05, 0) is 31.1 Å². The fourth-order valence-electron chi connectivity index (χ4n) is 2.45. The lowest BCUT2D eigenvalue weighted by atomic mass is 9.99. The maximum atomic E-state index is 5.63. The van der Waals surface area contributed by atoms with Crippen molar-refractivity contribution in [2.45, 2.75) is 51.2 Å². The SMILES string of the molecule is CCC(CC)C1CN=C(NCCCOCC2CC2)S1. The first-order chi connectivity index (χ1) is 9.33. The summed E-state index contributed by atoms with van der Waals surface area (Å²) in [5.41, 5.74) is 0. The molecule has 1 atom stereocenters. The minimum Gasteiger partial charge on any atom is -0.381 e. The van der Waals surface area contributed by atoms with E-state index in [2.05, 4.69) is 24.2 Å². The van der Waals surface area contributed by atoms with Crippen LogP contribution in [0, 0.1) is 11.8 Å². The molecule has 3 nitrogen and oxygen atoms in total. The number of hydrogen-bond acceptors (Lipinski definition) is 4. The summed E-state index contributed by atoms with van der Waals surface area (Å²) >= 11 is 1.94. The van der Waals surface area contributed by atoms with Crippen LogP contribution in [0.3, 0.4) is 0 Å². The van der Waals surface area contributed by atoms with E-state index in [4.69, 9.17) is 4.74 Å². The Morgan fingerprint density at radius 3 is 2.84 bits per heavy atom. The first-order valence-corrected chi connectivity index (χ1v) is 8.74. The van der Waals surface area contributed by atoms with E-state index in [0.717, 1.165) is 49.7 Å². The van der Waals surface area contributed by atoms with Crippen LogP contribution in [0.15, 0.2) is 4.99 Å². The van der Waals surface area contributed by atoms with Crippen molar-refractivity contribution in [2.24, 2.45) is 16.8 Å². The summed E-state index contributed by atoms with van der Waals surface area (Å²) in [6.45, 7) is 8.43. The van der Waals surface area contributed by atoms with E-state index in [0.29, 0.717) is 5.25 Å². The number of nitrogens with one attached hydrogen (secondary N) is 1. The van der Waals surface area contributed by atoms with E-state index >= 15 is 0 Å². The summed E-state index contributed by atoms with van der Waals surface area (Å²) in [6, 6.07) is 0. The normalized spacial score (nSPS) is 22.9. The smallest absolute Gasteiger partial charge is 0.156 e. The van der Waals surface area contributed by atoms with Gasteiger partial charge in [0.2, 0.25) is 0 Å². The highest BCUT2D eigenvalue weighted by atomic mass is 32.2. The van der Waals surface area contributed by atoms with Crippen LogP contribution in [0.2, 0.25) is 0 Å². The molecule has 1 heterocycles. The molecule has 1 saturated carbocycles. The Kier molecular flexibility index (Phi) is 6.51. The molecule has 0 radical (unpaired) electrons. The van der Waals surface area contributed by atoms with Gasteiger partial charge in [0.1, 0.15) is 0 Å². The third kappa shape index (κ3) is 5.35. The highest BCUT2D eigenvalue weighted by molar-refractivity contribution is 8.14. The Labute approximate surface area is 122 Å². The molecule has 2 aliphatic rings. The molecule has 1 aliphatic carbocycles. The monoisotopic (exact) mass is 284 g/mol.